The van der Waals surface area contributed by atoms with Gasteiger partial charge in [0, 0.05) is 5.02 Å². The zero-order valence-corrected chi connectivity index (χ0v) is 19.4. The van der Waals surface area contributed by atoms with E-state index >= 15 is 0 Å². The molecule has 3 aromatic rings. The Morgan fingerprint density at radius 2 is 1.61 bits per heavy atom. The Morgan fingerprint density at radius 3 is 2.23 bits per heavy atom. The first kappa shape index (κ1) is 23.1. The molecule has 0 saturated heterocycles. The van der Waals surface area contributed by atoms with Gasteiger partial charge in [-0.15, -0.1) is 0 Å². The first-order chi connectivity index (χ1) is 14.7. The molecule has 1 amide bonds. The van der Waals surface area contributed by atoms with E-state index in [1.54, 1.807) is 42.5 Å². The minimum Gasteiger partial charge on any atom is -0.323 e. The lowest BCUT2D eigenvalue weighted by Crippen LogP contribution is -2.38. The molecule has 0 unspecified atom stereocenters. The molecule has 0 radical (unpaired) electrons. The molecule has 3 rings (SSSR count). The van der Waals surface area contributed by atoms with E-state index in [2.05, 4.69) is 19.2 Å². The number of carbonyl (C=O) groups is 1. The highest BCUT2D eigenvalue weighted by Gasteiger charge is 2.27. The van der Waals surface area contributed by atoms with Crippen molar-refractivity contribution < 1.29 is 13.2 Å². The molecule has 0 aromatic heterocycles. The van der Waals surface area contributed by atoms with Crippen molar-refractivity contribution in [2.24, 2.45) is 0 Å². The Bertz CT molecular complexity index is 1170. The van der Waals surface area contributed by atoms with Crippen molar-refractivity contribution in [3.8, 4) is 0 Å². The number of benzene rings is 3. The summed E-state index contributed by atoms with van der Waals surface area (Å²) in [6.45, 7) is 3.67. The zero-order valence-electron chi connectivity index (χ0n) is 17.0. The van der Waals surface area contributed by atoms with Gasteiger partial charge in [0.1, 0.15) is 6.54 Å². The van der Waals surface area contributed by atoms with Crippen molar-refractivity contribution in [2.75, 3.05) is 16.2 Å². The molecular weight excluding hydrogens is 455 g/mol. The molecule has 8 heteroatoms. The largest absolute Gasteiger partial charge is 0.323 e. The summed E-state index contributed by atoms with van der Waals surface area (Å²) in [7, 11) is -3.98. The third kappa shape index (κ3) is 5.58. The van der Waals surface area contributed by atoms with Gasteiger partial charge in [-0.05, 0) is 53.9 Å². The Hall–Kier alpha value is -2.54. The van der Waals surface area contributed by atoms with E-state index in [-0.39, 0.29) is 4.90 Å². The maximum absolute atomic E-state index is 13.4. The minimum absolute atomic E-state index is 0.0940. The number of rotatable bonds is 7. The molecule has 0 aliphatic heterocycles. The van der Waals surface area contributed by atoms with Crippen LogP contribution >= 0.6 is 23.2 Å². The topological polar surface area (TPSA) is 66.5 Å². The van der Waals surface area contributed by atoms with Crippen LogP contribution in [0.3, 0.4) is 0 Å². The Kier molecular flexibility index (Phi) is 7.26. The van der Waals surface area contributed by atoms with E-state index in [0.717, 1.165) is 9.87 Å². The third-order valence-electron chi connectivity index (χ3n) is 4.67. The first-order valence-corrected chi connectivity index (χ1v) is 11.8. The summed E-state index contributed by atoms with van der Waals surface area (Å²) >= 11 is 12.1. The summed E-state index contributed by atoms with van der Waals surface area (Å²) in [5.74, 6) is -0.252. The van der Waals surface area contributed by atoms with Gasteiger partial charge in [-0.3, -0.25) is 9.10 Å². The summed E-state index contributed by atoms with van der Waals surface area (Å²) in [4.78, 5) is 12.9. The second-order valence-electron chi connectivity index (χ2n) is 7.24. The maximum atomic E-state index is 13.4. The van der Waals surface area contributed by atoms with Crippen LogP contribution in [0.1, 0.15) is 25.3 Å². The number of amides is 1. The molecule has 0 saturated carbocycles. The SMILES string of the molecule is CC(C)c1ccc(N(CC(=O)Nc2cc(Cl)ccc2Cl)S(=O)(=O)c2ccccc2)cc1. The highest BCUT2D eigenvalue weighted by atomic mass is 35.5. The molecule has 0 heterocycles. The van der Waals surface area contributed by atoms with Gasteiger partial charge >= 0.3 is 0 Å². The fourth-order valence-corrected chi connectivity index (χ4v) is 4.75. The summed E-state index contributed by atoms with van der Waals surface area (Å²) < 4.78 is 27.8. The average Bonchev–Trinajstić information content (AvgIpc) is 2.75. The smallest absolute Gasteiger partial charge is 0.264 e. The maximum Gasteiger partial charge on any atom is 0.264 e. The predicted molar refractivity (Wildman–Crippen MR) is 127 cm³/mol. The lowest BCUT2D eigenvalue weighted by atomic mass is 10.0. The molecule has 162 valence electrons. The van der Waals surface area contributed by atoms with Crippen molar-refractivity contribution in [3.05, 3.63) is 88.4 Å². The van der Waals surface area contributed by atoms with Gasteiger partial charge in [-0.25, -0.2) is 8.42 Å². The second kappa shape index (κ2) is 9.73. The van der Waals surface area contributed by atoms with E-state index in [1.165, 1.54) is 18.2 Å². The molecule has 5 nitrogen and oxygen atoms in total. The van der Waals surface area contributed by atoms with Gasteiger partial charge in [-0.2, -0.15) is 0 Å². The third-order valence-corrected chi connectivity index (χ3v) is 7.02. The number of sulfonamides is 1. The van der Waals surface area contributed by atoms with Gasteiger partial charge < -0.3 is 5.32 Å². The summed E-state index contributed by atoms with van der Waals surface area (Å²) in [5.41, 5.74) is 1.77. The zero-order chi connectivity index (χ0) is 22.6. The number of nitrogens with one attached hydrogen (secondary N) is 1. The van der Waals surface area contributed by atoms with Crippen molar-refractivity contribution in [3.63, 3.8) is 0 Å². The Balaban J connectivity index is 1.95. The minimum atomic E-state index is -3.98. The first-order valence-electron chi connectivity index (χ1n) is 9.61. The molecule has 3 aromatic carbocycles. The molecular formula is C23H22Cl2N2O3S. The number of anilines is 2. The van der Waals surface area contributed by atoms with Crippen molar-refractivity contribution in [1.82, 2.24) is 0 Å². The van der Waals surface area contributed by atoms with E-state index in [4.69, 9.17) is 23.2 Å². The number of halogens is 2. The lowest BCUT2D eigenvalue weighted by molar-refractivity contribution is -0.114. The summed E-state index contributed by atoms with van der Waals surface area (Å²) in [6, 6.07) is 19.8. The van der Waals surface area contributed by atoms with Crippen molar-refractivity contribution in [1.29, 1.82) is 0 Å². The summed E-state index contributed by atoms with van der Waals surface area (Å²) in [5, 5.41) is 3.35. The quantitative estimate of drug-likeness (QED) is 0.457. The van der Waals surface area contributed by atoms with Crippen LogP contribution in [0.15, 0.2) is 77.7 Å². The molecule has 0 bridgehead atoms. The molecule has 0 atom stereocenters. The lowest BCUT2D eigenvalue weighted by Gasteiger charge is -2.24. The van der Waals surface area contributed by atoms with Crippen LogP contribution in [-0.2, 0) is 14.8 Å². The highest BCUT2D eigenvalue weighted by Crippen LogP contribution is 2.28. The molecule has 31 heavy (non-hydrogen) atoms. The van der Waals surface area contributed by atoms with Gasteiger partial charge in [0.25, 0.3) is 10.0 Å². The number of carbonyl (C=O) groups excluding carboxylic acids is 1. The monoisotopic (exact) mass is 476 g/mol. The Labute approximate surface area is 192 Å². The number of hydrogen-bond donors (Lipinski definition) is 1. The van der Waals surface area contributed by atoms with Crippen LogP contribution in [0.25, 0.3) is 0 Å². The molecule has 0 fully saturated rings. The van der Waals surface area contributed by atoms with Crippen LogP contribution in [0, 0.1) is 0 Å². The fraction of sp³-hybridized carbons (Fsp3) is 0.174. The average molecular weight is 477 g/mol. The van der Waals surface area contributed by atoms with Crippen molar-refractivity contribution in [2.45, 2.75) is 24.7 Å². The molecule has 0 spiro atoms. The standard InChI is InChI=1S/C23H22Cl2N2O3S/c1-16(2)17-8-11-19(12-9-17)27(31(29,30)20-6-4-3-5-7-20)15-23(28)26-22-14-18(24)10-13-21(22)25/h3-14,16H,15H2,1-2H3,(H,26,28). The van der Waals surface area contributed by atoms with E-state index in [1.807, 2.05) is 12.1 Å². The molecule has 0 aliphatic carbocycles. The van der Waals surface area contributed by atoms with E-state index < -0.39 is 22.5 Å². The normalized spacial score (nSPS) is 11.4. The van der Waals surface area contributed by atoms with Crippen LogP contribution < -0.4 is 9.62 Å². The van der Waals surface area contributed by atoms with E-state index in [9.17, 15) is 13.2 Å². The van der Waals surface area contributed by atoms with Crippen LogP contribution in [0.5, 0.6) is 0 Å². The van der Waals surface area contributed by atoms with Crippen LogP contribution in [-0.4, -0.2) is 20.9 Å². The fourth-order valence-electron chi connectivity index (χ4n) is 2.97. The highest BCUT2D eigenvalue weighted by molar-refractivity contribution is 7.92. The molecule has 1 N–H and O–H groups in total. The van der Waals surface area contributed by atoms with Gasteiger partial charge in [-0.1, -0.05) is 67.4 Å². The Morgan fingerprint density at radius 1 is 0.968 bits per heavy atom. The van der Waals surface area contributed by atoms with Crippen LogP contribution in [0.2, 0.25) is 10.0 Å². The number of nitrogens with zero attached hydrogens (tertiary/aromatic N) is 1. The van der Waals surface area contributed by atoms with Gasteiger partial charge in [0.2, 0.25) is 5.91 Å². The van der Waals surface area contributed by atoms with Gasteiger partial charge in [0.15, 0.2) is 0 Å². The van der Waals surface area contributed by atoms with E-state index in [0.29, 0.717) is 27.3 Å². The second-order valence-corrected chi connectivity index (χ2v) is 9.95. The van der Waals surface area contributed by atoms with Crippen LogP contribution in [0.4, 0.5) is 11.4 Å². The predicted octanol–water partition coefficient (Wildman–Crippen LogP) is 5.95. The number of hydrogen-bond acceptors (Lipinski definition) is 3. The van der Waals surface area contributed by atoms with Gasteiger partial charge in [0.05, 0.1) is 21.3 Å². The molecule has 0 aliphatic rings. The van der Waals surface area contributed by atoms with Crippen molar-refractivity contribution >= 4 is 50.5 Å². The summed E-state index contributed by atoms with van der Waals surface area (Å²) in [6.07, 6.45) is 0.